The Labute approximate surface area is 158 Å². The maximum absolute atomic E-state index is 12.5. The summed E-state index contributed by atoms with van der Waals surface area (Å²) in [6.45, 7) is 1.32. The number of aliphatic carboxylic acids is 1. The second kappa shape index (κ2) is 8.81. The van der Waals surface area contributed by atoms with Gasteiger partial charge in [-0.2, -0.15) is 0 Å². The zero-order chi connectivity index (χ0) is 18.5. The van der Waals surface area contributed by atoms with Crippen LogP contribution in [-0.4, -0.2) is 64.6 Å². The van der Waals surface area contributed by atoms with Gasteiger partial charge in [0.2, 0.25) is 0 Å². The molecule has 2 aliphatic rings. The van der Waals surface area contributed by atoms with Crippen molar-refractivity contribution >= 4 is 28.5 Å². The predicted octanol–water partition coefficient (Wildman–Crippen LogP) is 3.20. The Bertz CT molecular complexity index is 622. The Morgan fingerprint density at radius 2 is 1.96 bits per heavy atom. The molecule has 7 nitrogen and oxygen atoms in total. The summed E-state index contributed by atoms with van der Waals surface area (Å²) in [5.41, 5.74) is 1.12. The van der Waals surface area contributed by atoms with Crippen LogP contribution in [0.4, 0.5) is 9.93 Å². The highest BCUT2D eigenvalue weighted by Gasteiger charge is 2.26. The summed E-state index contributed by atoms with van der Waals surface area (Å²) in [7, 11) is 1.83. The van der Waals surface area contributed by atoms with Gasteiger partial charge in [0, 0.05) is 30.4 Å². The zero-order valence-electron chi connectivity index (χ0n) is 15.3. The molecule has 2 heterocycles. The minimum Gasteiger partial charge on any atom is -0.480 e. The first-order valence-corrected chi connectivity index (χ1v) is 10.3. The van der Waals surface area contributed by atoms with Gasteiger partial charge < -0.3 is 10.0 Å². The molecular formula is C18H28N4O3S. The van der Waals surface area contributed by atoms with Gasteiger partial charge in [-0.1, -0.05) is 19.3 Å². The van der Waals surface area contributed by atoms with E-state index in [1.54, 1.807) is 4.90 Å². The van der Waals surface area contributed by atoms with Crippen LogP contribution in [0.1, 0.15) is 56.6 Å². The molecule has 0 unspecified atom stereocenters. The predicted molar refractivity (Wildman–Crippen MR) is 102 cm³/mol. The largest absolute Gasteiger partial charge is 0.480 e. The molecule has 0 atom stereocenters. The maximum atomic E-state index is 12.5. The number of hydrogen-bond donors (Lipinski definition) is 2. The van der Waals surface area contributed by atoms with Gasteiger partial charge in [0.15, 0.2) is 5.13 Å². The number of thiazole rings is 1. The van der Waals surface area contributed by atoms with Crippen LogP contribution < -0.4 is 5.32 Å². The summed E-state index contributed by atoms with van der Waals surface area (Å²) in [4.78, 5) is 31.6. The molecule has 1 aromatic rings. The Morgan fingerprint density at radius 1 is 1.27 bits per heavy atom. The van der Waals surface area contributed by atoms with Crippen molar-refractivity contribution < 1.29 is 14.7 Å². The van der Waals surface area contributed by atoms with Gasteiger partial charge in [-0.25, -0.2) is 9.78 Å². The Hall–Kier alpha value is -1.67. The van der Waals surface area contributed by atoms with E-state index in [0.29, 0.717) is 24.1 Å². The number of nitrogens with zero attached hydrogens (tertiary/aromatic N) is 3. The van der Waals surface area contributed by atoms with E-state index in [2.05, 4.69) is 15.7 Å². The molecule has 1 aliphatic carbocycles. The topological polar surface area (TPSA) is 85.8 Å². The quantitative estimate of drug-likeness (QED) is 0.819. The average Bonchev–Trinajstić information content (AvgIpc) is 3.10. The number of carbonyl (C=O) groups is 2. The molecule has 1 aliphatic heterocycles. The number of carbonyl (C=O) groups excluding carboxylic acids is 1. The third-order valence-corrected chi connectivity index (χ3v) is 6.29. The van der Waals surface area contributed by atoms with Crippen LogP contribution in [0.3, 0.4) is 0 Å². The molecule has 26 heavy (non-hydrogen) atoms. The molecule has 3 rings (SSSR count). The first-order valence-electron chi connectivity index (χ1n) is 9.46. The lowest BCUT2D eigenvalue weighted by molar-refractivity contribution is -0.138. The van der Waals surface area contributed by atoms with E-state index in [9.17, 15) is 9.59 Å². The van der Waals surface area contributed by atoms with Crippen LogP contribution in [0.25, 0.3) is 0 Å². The fourth-order valence-electron chi connectivity index (χ4n) is 3.95. The van der Waals surface area contributed by atoms with Crippen molar-refractivity contribution in [1.29, 1.82) is 0 Å². The lowest BCUT2D eigenvalue weighted by Gasteiger charge is -2.35. The number of nitrogens with one attached hydrogen (secondary N) is 1. The van der Waals surface area contributed by atoms with E-state index in [1.807, 2.05) is 11.9 Å². The van der Waals surface area contributed by atoms with Gasteiger partial charge in [0.25, 0.3) is 0 Å². The van der Waals surface area contributed by atoms with Gasteiger partial charge in [0.1, 0.15) is 0 Å². The Morgan fingerprint density at radius 3 is 2.62 bits per heavy atom. The Kier molecular flexibility index (Phi) is 6.48. The number of carboxylic acid groups (broad SMARTS) is 1. The molecule has 0 aromatic carbocycles. The monoisotopic (exact) mass is 380 g/mol. The van der Waals surface area contributed by atoms with Crippen molar-refractivity contribution in [3.63, 3.8) is 0 Å². The number of hydrogen-bond acceptors (Lipinski definition) is 5. The minimum absolute atomic E-state index is 0.0416. The number of amides is 2. The standard InChI is InChI=1S/C18H28N4O3S/c1-21(11-16(23)24)14-7-9-22(10-8-14)18(25)20-17-19-15(12-26-17)13-5-3-2-4-6-13/h12-14H,2-11H2,1H3,(H,23,24)(H,19,20,25). The van der Waals surface area contributed by atoms with Gasteiger partial charge >= 0.3 is 12.0 Å². The first-order chi connectivity index (χ1) is 12.5. The molecule has 2 N–H and O–H groups in total. The lowest BCUT2D eigenvalue weighted by Crippen LogP contribution is -2.47. The van der Waals surface area contributed by atoms with E-state index >= 15 is 0 Å². The highest BCUT2D eigenvalue weighted by atomic mass is 32.1. The number of carboxylic acids is 1. The fraction of sp³-hybridized carbons (Fsp3) is 0.722. The second-order valence-electron chi connectivity index (χ2n) is 7.37. The molecule has 0 radical (unpaired) electrons. The summed E-state index contributed by atoms with van der Waals surface area (Å²) in [5, 5.41) is 14.6. The summed E-state index contributed by atoms with van der Waals surface area (Å²) < 4.78 is 0. The highest BCUT2D eigenvalue weighted by molar-refractivity contribution is 7.13. The van der Waals surface area contributed by atoms with Crippen molar-refractivity contribution in [2.75, 3.05) is 32.0 Å². The number of likely N-dealkylation sites (N-methyl/N-ethyl adjacent to an activating group) is 1. The van der Waals surface area contributed by atoms with Crippen molar-refractivity contribution in [1.82, 2.24) is 14.8 Å². The number of anilines is 1. The molecule has 0 bridgehead atoms. The van der Waals surface area contributed by atoms with Gasteiger partial charge in [-0.15, -0.1) is 11.3 Å². The molecule has 0 spiro atoms. The highest BCUT2D eigenvalue weighted by Crippen LogP contribution is 2.34. The van der Waals surface area contributed by atoms with Crippen molar-refractivity contribution in [2.24, 2.45) is 0 Å². The van der Waals surface area contributed by atoms with E-state index < -0.39 is 5.97 Å². The van der Waals surface area contributed by atoms with Crippen LogP contribution in [-0.2, 0) is 4.79 Å². The summed E-state index contributed by atoms with van der Waals surface area (Å²) in [6, 6.07) is 0.113. The molecule has 144 valence electrons. The van der Waals surface area contributed by atoms with Crippen molar-refractivity contribution in [2.45, 2.75) is 56.9 Å². The summed E-state index contributed by atoms with van der Waals surface area (Å²) in [6.07, 6.45) is 7.86. The summed E-state index contributed by atoms with van der Waals surface area (Å²) >= 11 is 1.50. The van der Waals surface area contributed by atoms with E-state index in [1.165, 1.54) is 43.4 Å². The molecule has 8 heteroatoms. The molecule has 2 amide bonds. The zero-order valence-corrected chi connectivity index (χ0v) is 16.1. The van der Waals surface area contributed by atoms with E-state index in [4.69, 9.17) is 5.11 Å². The van der Waals surface area contributed by atoms with Crippen LogP contribution in [0.5, 0.6) is 0 Å². The summed E-state index contributed by atoms with van der Waals surface area (Å²) in [5.74, 6) is -0.267. The molecular weight excluding hydrogens is 352 g/mol. The number of urea groups is 1. The van der Waals surface area contributed by atoms with Crippen molar-refractivity contribution in [3.05, 3.63) is 11.1 Å². The number of aromatic nitrogens is 1. The average molecular weight is 381 g/mol. The smallest absolute Gasteiger partial charge is 0.323 e. The SMILES string of the molecule is CN(CC(=O)O)C1CCN(C(=O)Nc2nc(C3CCCCC3)cs2)CC1. The van der Waals surface area contributed by atoms with Crippen molar-refractivity contribution in [3.8, 4) is 0 Å². The third-order valence-electron chi connectivity index (χ3n) is 5.52. The minimum atomic E-state index is -0.815. The van der Waals surface area contributed by atoms with E-state index in [0.717, 1.165) is 18.5 Å². The van der Waals surface area contributed by atoms with Gasteiger partial charge in [-0.05, 0) is 32.7 Å². The van der Waals surface area contributed by atoms with Gasteiger partial charge in [0.05, 0.1) is 12.2 Å². The third kappa shape index (κ3) is 4.94. The molecule has 2 fully saturated rings. The molecule has 1 saturated heterocycles. The molecule has 1 aromatic heterocycles. The van der Waals surface area contributed by atoms with E-state index in [-0.39, 0.29) is 18.6 Å². The number of likely N-dealkylation sites (tertiary alicyclic amines) is 1. The second-order valence-corrected chi connectivity index (χ2v) is 8.23. The van der Waals surface area contributed by atoms with Gasteiger partial charge in [-0.3, -0.25) is 15.0 Å². The van der Waals surface area contributed by atoms with Crippen LogP contribution in [0.15, 0.2) is 5.38 Å². The lowest BCUT2D eigenvalue weighted by atomic mass is 9.87. The first kappa shape index (κ1) is 19.1. The maximum Gasteiger partial charge on any atom is 0.323 e. The number of rotatable bonds is 5. The van der Waals surface area contributed by atoms with Crippen LogP contribution >= 0.6 is 11.3 Å². The number of piperidine rings is 1. The van der Waals surface area contributed by atoms with Crippen LogP contribution in [0, 0.1) is 0 Å². The fourth-order valence-corrected chi connectivity index (χ4v) is 4.73. The van der Waals surface area contributed by atoms with Crippen LogP contribution in [0.2, 0.25) is 0 Å². The Balaban J connectivity index is 1.47. The molecule has 1 saturated carbocycles. The normalized spacial score (nSPS) is 19.7.